The normalized spacial score (nSPS) is 11.4. The third kappa shape index (κ3) is 4.75. The number of halogens is 3. The van der Waals surface area contributed by atoms with Crippen molar-refractivity contribution in [2.45, 2.75) is 13.1 Å². The van der Waals surface area contributed by atoms with Gasteiger partial charge in [-0.2, -0.15) is 13.2 Å². The van der Waals surface area contributed by atoms with Crippen molar-refractivity contribution in [3.63, 3.8) is 0 Å². The molecule has 0 aliphatic heterocycles. The molecule has 4 nitrogen and oxygen atoms in total. The van der Waals surface area contributed by atoms with Crippen LogP contribution in [-0.4, -0.2) is 18.4 Å². The van der Waals surface area contributed by atoms with Gasteiger partial charge < -0.3 is 5.32 Å². The molecule has 0 aliphatic rings. The first-order valence-electron chi connectivity index (χ1n) is 5.82. The average Bonchev–Trinajstić information content (AvgIpc) is 2.36. The molecular formula is C13H14F3N3O. The zero-order valence-corrected chi connectivity index (χ0v) is 10.7. The van der Waals surface area contributed by atoms with E-state index in [1.807, 2.05) is 0 Å². The van der Waals surface area contributed by atoms with E-state index in [2.05, 4.69) is 10.6 Å². The van der Waals surface area contributed by atoms with Gasteiger partial charge in [-0.05, 0) is 24.6 Å². The van der Waals surface area contributed by atoms with Crippen LogP contribution < -0.4 is 10.6 Å². The third-order valence-corrected chi connectivity index (χ3v) is 2.28. The molecule has 1 aromatic carbocycles. The number of hydrogen-bond acceptors (Lipinski definition) is 2. The van der Waals surface area contributed by atoms with E-state index >= 15 is 0 Å². The zero-order valence-electron chi connectivity index (χ0n) is 10.7. The highest BCUT2D eigenvalue weighted by molar-refractivity contribution is 6.03. The van der Waals surface area contributed by atoms with Gasteiger partial charge in [-0.3, -0.25) is 15.5 Å². The summed E-state index contributed by atoms with van der Waals surface area (Å²) in [5.74, 6) is -0.876. The van der Waals surface area contributed by atoms with E-state index in [4.69, 9.17) is 5.41 Å². The summed E-state index contributed by atoms with van der Waals surface area (Å²) in [7, 11) is 0. The Morgan fingerprint density at radius 2 is 2.00 bits per heavy atom. The lowest BCUT2D eigenvalue weighted by molar-refractivity contribution is -0.137. The van der Waals surface area contributed by atoms with Gasteiger partial charge in [0.1, 0.15) is 0 Å². The number of carbonyl (C=O) groups excluding carboxylic acids is 1. The maximum atomic E-state index is 12.7. The third-order valence-electron chi connectivity index (χ3n) is 2.28. The molecule has 3 N–H and O–H groups in total. The molecule has 108 valence electrons. The Kier molecular flexibility index (Phi) is 5.31. The minimum atomic E-state index is -4.48. The first kappa shape index (κ1) is 15.7. The van der Waals surface area contributed by atoms with E-state index in [0.717, 1.165) is 18.2 Å². The largest absolute Gasteiger partial charge is 0.416 e. The SMILES string of the molecule is CCNC(=N)NC(=O)C=Cc1ccccc1C(F)(F)F. The summed E-state index contributed by atoms with van der Waals surface area (Å²) < 4.78 is 38.1. The number of nitrogens with one attached hydrogen (secondary N) is 3. The highest BCUT2D eigenvalue weighted by Crippen LogP contribution is 2.32. The molecule has 1 aromatic rings. The second-order valence-corrected chi connectivity index (χ2v) is 3.81. The van der Waals surface area contributed by atoms with E-state index in [9.17, 15) is 18.0 Å². The van der Waals surface area contributed by atoms with E-state index in [0.29, 0.717) is 6.54 Å². The van der Waals surface area contributed by atoms with E-state index in [-0.39, 0.29) is 11.5 Å². The van der Waals surface area contributed by atoms with Crippen LogP contribution in [0.1, 0.15) is 18.1 Å². The maximum absolute atomic E-state index is 12.7. The first-order chi connectivity index (χ1) is 9.34. The number of alkyl halides is 3. The van der Waals surface area contributed by atoms with Crippen LogP contribution in [0.2, 0.25) is 0 Å². The molecule has 0 atom stereocenters. The van der Waals surface area contributed by atoms with Crippen molar-refractivity contribution in [1.82, 2.24) is 10.6 Å². The standard InChI is InChI=1S/C13H14F3N3O/c1-2-18-12(17)19-11(20)8-7-9-5-3-4-6-10(9)13(14,15)16/h3-8H,2H2,1H3,(H3,17,18,19,20). The number of carbonyl (C=O) groups is 1. The van der Waals surface area contributed by atoms with Gasteiger partial charge in [0.05, 0.1) is 5.56 Å². The molecule has 0 fully saturated rings. The van der Waals surface area contributed by atoms with Crippen molar-refractivity contribution in [2.75, 3.05) is 6.54 Å². The highest BCUT2D eigenvalue weighted by atomic mass is 19.4. The van der Waals surface area contributed by atoms with Gasteiger partial charge in [0.25, 0.3) is 5.91 Å². The molecule has 0 spiro atoms. The van der Waals surface area contributed by atoms with Crippen molar-refractivity contribution in [1.29, 1.82) is 5.41 Å². The van der Waals surface area contributed by atoms with Crippen LogP contribution in [0.25, 0.3) is 6.08 Å². The molecule has 0 saturated carbocycles. The Morgan fingerprint density at radius 3 is 2.60 bits per heavy atom. The van der Waals surface area contributed by atoms with Crippen molar-refractivity contribution < 1.29 is 18.0 Å². The number of rotatable bonds is 3. The van der Waals surface area contributed by atoms with Crippen molar-refractivity contribution in [3.8, 4) is 0 Å². The van der Waals surface area contributed by atoms with Gasteiger partial charge in [-0.25, -0.2) is 0 Å². The summed E-state index contributed by atoms with van der Waals surface area (Å²) in [5.41, 5.74) is -0.920. The van der Waals surface area contributed by atoms with Crippen LogP contribution >= 0.6 is 0 Å². The van der Waals surface area contributed by atoms with Crippen LogP contribution in [0.15, 0.2) is 30.3 Å². The van der Waals surface area contributed by atoms with Crippen LogP contribution in [0.3, 0.4) is 0 Å². The summed E-state index contributed by atoms with van der Waals surface area (Å²) in [6.45, 7) is 2.20. The topological polar surface area (TPSA) is 65.0 Å². The highest BCUT2D eigenvalue weighted by Gasteiger charge is 2.32. The Morgan fingerprint density at radius 1 is 1.35 bits per heavy atom. The first-order valence-corrected chi connectivity index (χ1v) is 5.82. The van der Waals surface area contributed by atoms with Crippen molar-refractivity contribution in [2.24, 2.45) is 0 Å². The average molecular weight is 285 g/mol. The van der Waals surface area contributed by atoms with Crippen molar-refractivity contribution >= 4 is 17.9 Å². The van der Waals surface area contributed by atoms with Crippen LogP contribution in [0.5, 0.6) is 0 Å². The Labute approximate surface area is 114 Å². The van der Waals surface area contributed by atoms with Crippen molar-refractivity contribution in [3.05, 3.63) is 41.5 Å². The number of benzene rings is 1. The molecule has 0 saturated heterocycles. The summed E-state index contributed by atoms with van der Waals surface area (Å²) in [4.78, 5) is 11.4. The zero-order chi connectivity index (χ0) is 15.2. The summed E-state index contributed by atoms with van der Waals surface area (Å²) in [6.07, 6.45) is -2.46. The molecule has 1 amide bonds. The molecule has 0 bridgehead atoms. The van der Waals surface area contributed by atoms with Crippen LogP contribution in [0, 0.1) is 5.41 Å². The number of guanidine groups is 1. The summed E-state index contributed by atoms with van der Waals surface area (Å²) >= 11 is 0. The van der Waals surface area contributed by atoms with E-state index < -0.39 is 17.6 Å². The Bertz CT molecular complexity index is 524. The maximum Gasteiger partial charge on any atom is 0.416 e. The molecule has 0 aliphatic carbocycles. The number of amides is 1. The lowest BCUT2D eigenvalue weighted by Crippen LogP contribution is -2.39. The fraction of sp³-hybridized carbons (Fsp3) is 0.231. The molecule has 1 rings (SSSR count). The smallest absolute Gasteiger partial charge is 0.357 e. The predicted octanol–water partition coefficient (Wildman–Crippen LogP) is 2.38. The molecule has 0 aromatic heterocycles. The summed E-state index contributed by atoms with van der Waals surface area (Å²) in [5, 5.41) is 12.0. The van der Waals surface area contributed by atoms with E-state index in [1.54, 1.807) is 6.92 Å². The van der Waals surface area contributed by atoms with E-state index in [1.165, 1.54) is 18.2 Å². The van der Waals surface area contributed by atoms with Gasteiger partial charge in [0.15, 0.2) is 5.96 Å². The van der Waals surface area contributed by atoms with Gasteiger partial charge in [-0.15, -0.1) is 0 Å². The lowest BCUT2D eigenvalue weighted by atomic mass is 10.1. The predicted molar refractivity (Wildman–Crippen MR) is 70.0 cm³/mol. The molecule has 0 heterocycles. The fourth-order valence-electron chi connectivity index (χ4n) is 1.45. The number of hydrogen-bond donors (Lipinski definition) is 3. The fourth-order valence-corrected chi connectivity index (χ4v) is 1.45. The van der Waals surface area contributed by atoms with Crippen LogP contribution in [0.4, 0.5) is 13.2 Å². The minimum Gasteiger partial charge on any atom is -0.357 e. The van der Waals surface area contributed by atoms with Gasteiger partial charge in [-0.1, -0.05) is 18.2 Å². The quantitative estimate of drug-likeness (QED) is 0.453. The van der Waals surface area contributed by atoms with Gasteiger partial charge >= 0.3 is 6.18 Å². The Hall–Kier alpha value is -2.31. The Balaban J connectivity index is 2.81. The lowest BCUT2D eigenvalue weighted by Gasteiger charge is -2.09. The summed E-state index contributed by atoms with van der Waals surface area (Å²) in [6, 6.07) is 4.94. The second kappa shape index (κ2) is 6.74. The minimum absolute atomic E-state index is 0.106. The van der Waals surface area contributed by atoms with Crippen LogP contribution in [-0.2, 0) is 11.0 Å². The molecule has 7 heteroatoms. The monoisotopic (exact) mass is 285 g/mol. The molecule has 0 unspecified atom stereocenters. The van der Waals surface area contributed by atoms with Gasteiger partial charge in [0, 0.05) is 12.6 Å². The van der Waals surface area contributed by atoms with Gasteiger partial charge in [0.2, 0.25) is 0 Å². The molecular weight excluding hydrogens is 271 g/mol. The molecule has 20 heavy (non-hydrogen) atoms. The second-order valence-electron chi connectivity index (χ2n) is 3.81. The molecule has 0 radical (unpaired) electrons.